The van der Waals surface area contributed by atoms with E-state index in [1.807, 2.05) is 11.8 Å². The van der Waals surface area contributed by atoms with E-state index in [1.165, 1.54) is 86.4 Å². The van der Waals surface area contributed by atoms with Gasteiger partial charge >= 0.3 is 0 Å². The second kappa shape index (κ2) is 13.5. The van der Waals surface area contributed by atoms with Crippen molar-refractivity contribution < 1.29 is 0 Å². The molecule has 4 heterocycles. The molecule has 0 saturated heterocycles. The molecule has 1 atom stereocenters. The van der Waals surface area contributed by atoms with Crippen LogP contribution in [-0.2, 0) is 0 Å². The zero-order chi connectivity index (χ0) is 40.0. The van der Waals surface area contributed by atoms with Crippen molar-refractivity contribution in [1.29, 1.82) is 0 Å². The quantitative estimate of drug-likeness (QED) is 0.188. The van der Waals surface area contributed by atoms with Gasteiger partial charge in [0.15, 0.2) is 0 Å². The van der Waals surface area contributed by atoms with Crippen molar-refractivity contribution in [1.82, 2.24) is 14.5 Å². The highest BCUT2D eigenvalue weighted by molar-refractivity contribution is 7.99. The molecule has 9 aromatic carbocycles. The van der Waals surface area contributed by atoms with Crippen molar-refractivity contribution in [2.45, 2.75) is 16.0 Å². The summed E-state index contributed by atoms with van der Waals surface area (Å²) in [6, 6.07) is 72.7. The van der Waals surface area contributed by atoms with Gasteiger partial charge in [-0.25, -0.2) is 4.99 Å². The fourth-order valence-electron chi connectivity index (χ4n) is 9.84. The summed E-state index contributed by atoms with van der Waals surface area (Å²) in [5.74, 6) is 0.856. The molecule has 0 bridgehead atoms. The molecule has 13 rings (SSSR count). The third-order valence-corrected chi connectivity index (χ3v) is 13.7. The zero-order valence-electron chi connectivity index (χ0n) is 33.0. The summed E-state index contributed by atoms with van der Waals surface area (Å²) in [6.07, 6.45) is 2.08. The molecule has 0 spiro atoms. The Kier molecular flexibility index (Phi) is 7.57. The number of hydrogen-bond donors (Lipinski definition) is 1. The molecule has 11 aromatic rings. The van der Waals surface area contributed by atoms with Crippen LogP contribution in [0.5, 0.6) is 0 Å². The summed E-state index contributed by atoms with van der Waals surface area (Å²) in [6.45, 7) is 0. The Morgan fingerprint density at radius 1 is 0.426 bits per heavy atom. The van der Waals surface area contributed by atoms with E-state index in [0.29, 0.717) is 0 Å². The molecule has 2 aliphatic rings. The third-order valence-electron chi connectivity index (χ3n) is 12.5. The first kappa shape index (κ1) is 34.3. The molecule has 1 unspecified atom stereocenters. The first-order chi connectivity index (χ1) is 30.2. The van der Waals surface area contributed by atoms with Gasteiger partial charge < -0.3 is 14.5 Å². The molecule has 61 heavy (non-hydrogen) atoms. The van der Waals surface area contributed by atoms with Gasteiger partial charge in [0.2, 0.25) is 0 Å². The lowest BCUT2D eigenvalue weighted by molar-refractivity contribution is 0.600. The molecule has 0 radical (unpaired) electrons. The minimum absolute atomic E-state index is 0.191. The van der Waals surface area contributed by atoms with Crippen molar-refractivity contribution in [2.75, 3.05) is 0 Å². The summed E-state index contributed by atoms with van der Waals surface area (Å²) < 4.78 is 4.92. The molecule has 4 nitrogen and oxygen atoms in total. The standard InChI is InChI=1S/C56H36N4S/c1-4-15-35(16-5-1)46-34-53(58-56(57-46)36-17-6-2-7-18-36)60-47-24-12-10-21-40(47)41-29-27-38(32-49(41)60)37-28-30-48-45(31-37)54-43-23-14-26-52-55(43)44(42-22-11-13-25-51(42)61-52)33-50(54)59(48)39-19-8-3-9-20-39/h1-34,53H,(H,57,58). The summed E-state index contributed by atoms with van der Waals surface area (Å²) in [5, 5.41) is 11.5. The predicted octanol–water partition coefficient (Wildman–Crippen LogP) is 14.4. The number of aromatic nitrogens is 2. The maximum absolute atomic E-state index is 5.19. The first-order valence-corrected chi connectivity index (χ1v) is 21.6. The van der Waals surface area contributed by atoms with E-state index in [9.17, 15) is 0 Å². The number of amidine groups is 1. The van der Waals surface area contributed by atoms with Gasteiger partial charge in [0, 0.05) is 53.5 Å². The van der Waals surface area contributed by atoms with Crippen LogP contribution in [0.2, 0.25) is 0 Å². The van der Waals surface area contributed by atoms with E-state index in [0.717, 1.165) is 28.3 Å². The Bertz CT molecular complexity index is 3640. The number of benzene rings is 9. The van der Waals surface area contributed by atoms with Gasteiger partial charge in [-0.1, -0.05) is 157 Å². The van der Waals surface area contributed by atoms with Gasteiger partial charge in [0.25, 0.3) is 0 Å². The highest BCUT2D eigenvalue weighted by Crippen LogP contribution is 2.51. The minimum atomic E-state index is -0.191. The van der Waals surface area contributed by atoms with Crippen LogP contribution in [0.25, 0.3) is 88.0 Å². The second-order valence-electron chi connectivity index (χ2n) is 16.0. The number of nitrogens with zero attached hydrogens (tertiary/aromatic N) is 3. The molecular weight excluding hydrogens is 761 g/mol. The Morgan fingerprint density at radius 2 is 1.10 bits per heavy atom. The van der Waals surface area contributed by atoms with Crippen LogP contribution in [0.15, 0.2) is 221 Å². The van der Waals surface area contributed by atoms with Crippen molar-refractivity contribution in [3.05, 3.63) is 217 Å². The van der Waals surface area contributed by atoms with Gasteiger partial charge in [-0.2, -0.15) is 0 Å². The highest BCUT2D eigenvalue weighted by atomic mass is 32.2. The maximum atomic E-state index is 5.19. The zero-order valence-corrected chi connectivity index (χ0v) is 33.8. The highest BCUT2D eigenvalue weighted by Gasteiger charge is 2.26. The SMILES string of the molecule is C1=C(c2ccccc2)N=C(c2ccccc2)NC1n1c2ccccc2c2ccc(-c3ccc4c(c3)c3c5cccc6c5c(cc3n4-c3ccccc3)-c3ccccc3S6)cc21. The molecule has 0 aliphatic carbocycles. The Balaban J connectivity index is 1.04. The Labute approximate surface area is 356 Å². The van der Waals surface area contributed by atoms with Crippen LogP contribution in [0.1, 0.15) is 17.3 Å². The van der Waals surface area contributed by atoms with Gasteiger partial charge in [-0.05, 0) is 88.3 Å². The van der Waals surface area contributed by atoms with E-state index in [2.05, 4.69) is 221 Å². The molecule has 286 valence electrons. The topological polar surface area (TPSA) is 34.2 Å². The van der Waals surface area contributed by atoms with Crippen molar-refractivity contribution >= 4 is 77.7 Å². The van der Waals surface area contributed by atoms with Crippen LogP contribution in [0.4, 0.5) is 0 Å². The molecule has 0 saturated carbocycles. The fourth-order valence-corrected chi connectivity index (χ4v) is 11.0. The molecule has 0 amide bonds. The summed E-state index contributed by atoms with van der Waals surface area (Å²) >= 11 is 1.88. The third kappa shape index (κ3) is 5.30. The molecule has 1 N–H and O–H groups in total. The summed E-state index contributed by atoms with van der Waals surface area (Å²) in [4.78, 5) is 7.80. The van der Waals surface area contributed by atoms with E-state index in [4.69, 9.17) is 4.99 Å². The number of rotatable bonds is 5. The molecule has 2 aromatic heterocycles. The average molecular weight is 797 g/mol. The monoisotopic (exact) mass is 796 g/mol. The average Bonchev–Trinajstić information content (AvgIpc) is 3.84. The van der Waals surface area contributed by atoms with Gasteiger partial charge in [0.05, 0.1) is 27.8 Å². The van der Waals surface area contributed by atoms with E-state index >= 15 is 0 Å². The van der Waals surface area contributed by atoms with Gasteiger partial charge in [-0.3, -0.25) is 0 Å². The lowest BCUT2D eigenvalue weighted by Crippen LogP contribution is -2.34. The van der Waals surface area contributed by atoms with E-state index < -0.39 is 0 Å². The normalized spacial score (nSPS) is 14.7. The predicted molar refractivity (Wildman–Crippen MR) is 256 cm³/mol. The smallest absolute Gasteiger partial charge is 0.135 e. The maximum Gasteiger partial charge on any atom is 0.135 e. The fraction of sp³-hybridized carbons (Fsp3) is 0.0179. The Hall–Kier alpha value is -7.60. The van der Waals surface area contributed by atoms with Gasteiger partial charge in [0.1, 0.15) is 12.0 Å². The van der Waals surface area contributed by atoms with Crippen molar-refractivity contribution in [3.8, 4) is 27.9 Å². The Morgan fingerprint density at radius 3 is 1.95 bits per heavy atom. The second-order valence-corrected chi connectivity index (χ2v) is 17.0. The van der Waals surface area contributed by atoms with Crippen molar-refractivity contribution in [2.24, 2.45) is 4.99 Å². The van der Waals surface area contributed by atoms with Gasteiger partial charge in [-0.15, -0.1) is 0 Å². The molecule has 2 aliphatic heterocycles. The van der Waals surface area contributed by atoms with Crippen LogP contribution >= 0.6 is 11.8 Å². The van der Waals surface area contributed by atoms with E-state index in [1.54, 1.807) is 0 Å². The minimum Gasteiger partial charge on any atom is -0.346 e. The molecule has 5 heteroatoms. The number of para-hydroxylation sites is 2. The van der Waals surface area contributed by atoms with Crippen LogP contribution in [0.3, 0.4) is 0 Å². The summed E-state index contributed by atoms with van der Waals surface area (Å²) in [7, 11) is 0. The van der Waals surface area contributed by atoms with E-state index in [-0.39, 0.29) is 6.17 Å². The number of hydrogen-bond acceptors (Lipinski definition) is 3. The summed E-state index contributed by atoms with van der Waals surface area (Å²) in [5.41, 5.74) is 14.0. The lowest BCUT2D eigenvalue weighted by Gasteiger charge is -2.27. The molecular formula is C56H36N4S. The van der Waals surface area contributed by atoms with Crippen LogP contribution < -0.4 is 5.32 Å². The van der Waals surface area contributed by atoms with Crippen LogP contribution in [-0.4, -0.2) is 15.0 Å². The largest absolute Gasteiger partial charge is 0.346 e. The van der Waals surface area contributed by atoms with Crippen molar-refractivity contribution in [3.63, 3.8) is 0 Å². The van der Waals surface area contributed by atoms with Crippen LogP contribution in [0, 0.1) is 0 Å². The lowest BCUT2D eigenvalue weighted by atomic mass is 9.93. The number of fused-ring (bicyclic) bond motifs is 9. The first-order valence-electron chi connectivity index (χ1n) is 20.8. The number of aliphatic imine (C=N–C) groups is 1. The molecule has 0 fully saturated rings. The number of nitrogens with one attached hydrogen (secondary N) is 1.